The van der Waals surface area contributed by atoms with Crippen LogP contribution in [0.1, 0.15) is 36.5 Å². The number of halogens is 2. The largest absolute Gasteiger partial charge is 0.372 e. The minimum absolute atomic E-state index is 0.0404. The first-order valence-electron chi connectivity index (χ1n) is 8.98. The van der Waals surface area contributed by atoms with E-state index < -0.39 is 5.38 Å². The molecular formula is C19H23Cl2N3O2. The zero-order chi connectivity index (χ0) is 18.7. The van der Waals surface area contributed by atoms with E-state index in [-0.39, 0.29) is 18.2 Å². The minimum atomic E-state index is -0.756. The second kappa shape index (κ2) is 8.31. The Bertz CT molecular complexity index is 699. The molecule has 26 heavy (non-hydrogen) atoms. The monoisotopic (exact) mass is 395 g/mol. The zero-order valence-corrected chi connectivity index (χ0v) is 16.3. The lowest BCUT2D eigenvalue weighted by atomic mass is 10.1. The molecule has 0 N–H and O–H groups in total. The van der Waals surface area contributed by atoms with E-state index in [9.17, 15) is 9.59 Å². The molecule has 1 aromatic rings. The molecule has 0 saturated carbocycles. The molecule has 0 spiro atoms. The van der Waals surface area contributed by atoms with Crippen molar-refractivity contribution >= 4 is 34.9 Å². The Morgan fingerprint density at radius 2 is 1.81 bits per heavy atom. The van der Waals surface area contributed by atoms with Crippen molar-refractivity contribution in [2.24, 2.45) is 0 Å². The van der Waals surface area contributed by atoms with Gasteiger partial charge in [0.25, 0.3) is 5.91 Å². The van der Waals surface area contributed by atoms with Gasteiger partial charge in [-0.05, 0) is 50.5 Å². The van der Waals surface area contributed by atoms with Crippen LogP contribution < -0.4 is 0 Å². The van der Waals surface area contributed by atoms with Gasteiger partial charge in [0.05, 0.1) is 5.70 Å². The van der Waals surface area contributed by atoms with Crippen LogP contribution in [-0.4, -0.2) is 58.2 Å². The summed E-state index contributed by atoms with van der Waals surface area (Å²) in [4.78, 5) is 27.7. The van der Waals surface area contributed by atoms with Crippen LogP contribution in [0.2, 0.25) is 5.02 Å². The van der Waals surface area contributed by atoms with Crippen molar-refractivity contribution < 1.29 is 9.59 Å². The van der Waals surface area contributed by atoms with Gasteiger partial charge in [0.2, 0.25) is 0 Å². The summed E-state index contributed by atoms with van der Waals surface area (Å²) in [5, 5.41) is 3.05. The zero-order valence-electron chi connectivity index (χ0n) is 14.8. The molecule has 1 aromatic carbocycles. The Kier molecular flexibility index (Phi) is 6.09. The van der Waals surface area contributed by atoms with Crippen molar-refractivity contribution in [3.05, 3.63) is 46.7 Å². The smallest absolute Gasteiger partial charge is 0.265 e. The maximum atomic E-state index is 12.9. The molecule has 5 nitrogen and oxygen atoms in total. The highest BCUT2D eigenvalue weighted by Gasteiger charge is 2.37. The highest BCUT2D eigenvalue weighted by atomic mass is 35.5. The van der Waals surface area contributed by atoms with Crippen molar-refractivity contribution in [2.45, 2.75) is 31.6 Å². The predicted molar refractivity (Wildman–Crippen MR) is 103 cm³/mol. The number of ketones is 1. The van der Waals surface area contributed by atoms with Crippen molar-refractivity contribution in [1.29, 1.82) is 0 Å². The van der Waals surface area contributed by atoms with Crippen molar-refractivity contribution in [3.63, 3.8) is 0 Å². The normalized spacial score (nSPS) is 21.0. The van der Waals surface area contributed by atoms with Crippen molar-refractivity contribution in [2.75, 3.05) is 26.2 Å². The van der Waals surface area contributed by atoms with Gasteiger partial charge in [0.15, 0.2) is 11.2 Å². The average molecular weight is 396 g/mol. The van der Waals surface area contributed by atoms with Crippen LogP contribution in [0.3, 0.4) is 0 Å². The van der Waals surface area contributed by atoms with Gasteiger partial charge in [0.1, 0.15) is 6.54 Å². The number of rotatable bonds is 5. The highest BCUT2D eigenvalue weighted by molar-refractivity contribution is 6.33. The van der Waals surface area contributed by atoms with Gasteiger partial charge in [-0.1, -0.05) is 11.6 Å². The Labute approximate surface area is 164 Å². The van der Waals surface area contributed by atoms with Gasteiger partial charge in [-0.3, -0.25) is 14.6 Å². The molecule has 1 saturated heterocycles. The first-order valence-corrected chi connectivity index (χ1v) is 9.80. The maximum absolute atomic E-state index is 12.9. The van der Waals surface area contributed by atoms with E-state index in [1.165, 1.54) is 11.4 Å². The van der Waals surface area contributed by atoms with E-state index in [2.05, 4.69) is 4.90 Å². The molecule has 2 heterocycles. The van der Waals surface area contributed by atoms with E-state index in [1.54, 1.807) is 29.3 Å². The number of carbonyl (C=O) groups is 2. The number of hydrogen-bond donors (Lipinski definition) is 0. The van der Waals surface area contributed by atoms with Gasteiger partial charge in [-0.25, -0.2) is 5.01 Å². The Hall–Kier alpha value is -1.72. The number of nitrogens with zero attached hydrogens (tertiary/aromatic N) is 3. The fourth-order valence-electron chi connectivity index (χ4n) is 3.36. The van der Waals surface area contributed by atoms with Crippen LogP contribution in [0.25, 0.3) is 0 Å². The van der Waals surface area contributed by atoms with E-state index in [0.29, 0.717) is 17.1 Å². The summed E-state index contributed by atoms with van der Waals surface area (Å²) in [6, 6.07) is 6.68. The fraction of sp³-hybridized carbons (Fsp3) is 0.474. The summed E-state index contributed by atoms with van der Waals surface area (Å²) in [5.41, 5.74) is 1.36. The number of Topliss-reactive ketones (excluding diaryl/α,β-unsaturated/α-hetero) is 1. The standard InChI is InChI=1S/C19H23Cl2N3O2/c1-2-23-12-16(22-10-4-3-5-11-22)18(21)19(26)24(23)13-17(25)14-6-8-15(20)9-7-14/h6-9,12,18H,2-5,10-11,13H2,1H3. The average Bonchev–Trinajstić information content (AvgIpc) is 2.67. The third-order valence-electron chi connectivity index (χ3n) is 4.83. The number of benzene rings is 1. The molecule has 1 atom stereocenters. The van der Waals surface area contributed by atoms with Gasteiger partial charge < -0.3 is 4.90 Å². The molecule has 2 aliphatic rings. The van der Waals surface area contributed by atoms with Crippen LogP contribution in [0, 0.1) is 0 Å². The first-order chi connectivity index (χ1) is 12.5. The molecule has 0 aromatic heterocycles. The summed E-state index contributed by atoms with van der Waals surface area (Å²) >= 11 is 12.3. The number of hydrazine groups is 1. The van der Waals surface area contributed by atoms with Gasteiger partial charge in [-0.15, -0.1) is 11.6 Å². The van der Waals surface area contributed by atoms with Crippen LogP contribution in [0.4, 0.5) is 0 Å². The van der Waals surface area contributed by atoms with Crippen LogP contribution in [-0.2, 0) is 4.79 Å². The van der Waals surface area contributed by atoms with Crippen molar-refractivity contribution in [3.8, 4) is 0 Å². The summed E-state index contributed by atoms with van der Waals surface area (Å²) in [6.45, 7) is 4.33. The van der Waals surface area contributed by atoms with E-state index in [1.807, 2.05) is 13.1 Å². The molecule has 3 rings (SSSR count). The maximum Gasteiger partial charge on any atom is 0.265 e. The first kappa shape index (κ1) is 19.1. The number of hydrogen-bond acceptors (Lipinski definition) is 4. The van der Waals surface area contributed by atoms with Crippen LogP contribution in [0.15, 0.2) is 36.2 Å². The fourth-order valence-corrected chi connectivity index (χ4v) is 3.79. The second-order valence-electron chi connectivity index (χ2n) is 6.55. The highest BCUT2D eigenvalue weighted by Crippen LogP contribution is 2.27. The van der Waals surface area contributed by atoms with Gasteiger partial charge in [0, 0.05) is 36.4 Å². The van der Waals surface area contributed by atoms with Crippen LogP contribution >= 0.6 is 23.2 Å². The number of carbonyl (C=O) groups excluding carboxylic acids is 2. The summed E-state index contributed by atoms with van der Waals surface area (Å²) in [5.74, 6) is -0.397. The lowest BCUT2D eigenvalue weighted by Gasteiger charge is -2.42. The van der Waals surface area contributed by atoms with Crippen molar-refractivity contribution in [1.82, 2.24) is 14.9 Å². The summed E-state index contributed by atoms with van der Waals surface area (Å²) < 4.78 is 0. The number of likely N-dealkylation sites (tertiary alicyclic amines) is 1. The molecule has 0 bridgehead atoms. The summed E-state index contributed by atoms with van der Waals surface area (Å²) in [7, 11) is 0. The quantitative estimate of drug-likeness (QED) is 0.564. The molecule has 0 radical (unpaired) electrons. The lowest BCUT2D eigenvalue weighted by Crippen LogP contribution is -2.55. The molecule has 2 aliphatic heterocycles. The second-order valence-corrected chi connectivity index (χ2v) is 7.42. The predicted octanol–water partition coefficient (Wildman–Crippen LogP) is 3.54. The summed E-state index contributed by atoms with van der Waals surface area (Å²) in [6.07, 6.45) is 5.35. The molecule has 140 valence electrons. The third kappa shape index (κ3) is 3.99. The van der Waals surface area contributed by atoms with E-state index >= 15 is 0 Å². The molecular weight excluding hydrogens is 373 g/mol. The van der Waals surface area contributed by atoms with E-state index in [0.717, 1.165) is 31.6 Å². The molecule has 1 amide bonds. The number of piperidine rings is 1. The SMILES string of the molecule is CCN1C=C(N2CCCCC2)C(Cl)C(=O)N1CC(=O)c1ccc(Cl)cc1. The lowest BCUT2D eigenvalue weighted by molar-refractivity contribution is -0.144. The molecule has 7 heteroatoms. The molecule has 1 fully saturated rings. The van der Waals surface area contributed by atoms with Crippen LogP contribution in [0.5, 0.6) is 0 Å². The topological polar surface area (TPSA) is 43.9 Å². The van der Waals surface area contributed by atoms with Gasteiger partial charge in [-0.2, -0.15) is 0 Å². The van der Waals surface area contributed by atoms with Gasteiger partial charge >= 0.3 is 0 Å². The van der Waals surface area contributed by atoms with E-state index in [4.69, 9.17) is 23.2 Å². The molecule has 1 unspecified atom stereocenters. The Morgan fingerprint density at radius 1 is 1.15 bits per heavy atom. The molecule has 0 aliphatic carbocycles. The number of amides is 1. The Balaban J connectivity index is 1.78. The minimum Gasteiger partial charge on any atom is -0.372 e. The number of alkyl halides is 1. The Morgan fingerprint density at radius 3 is 2.42 bits per heavy atom. The third-order valence-corrected chi connectivity index (χ3v) is 5.49.